The molecule has 7 heteroatoms. The Morgan fingerprint density at radius 1 is 1.12 bits per heavy atom. The molecule has 0 bridgehead atoms. The van der Waals surface area contributed by atoms with Gasteiger partial charge in [0, 0.05) is 31.7 Å². The summed E-state index contributed by atoms with van der Waals surface area (Å²) in [5.74, 6) is 0.310. The summed E-state index contributed by atoms with van der Waals surface area (Å²) in [6, 6.07) is 6.31. The Bertz CT molecular complexity index is 681. The number of rotatable bonds is 3. The Hall–Kier alpha value is -1.44. The van der Waals surface area contributed by atoms with E-state index in [2.05, 4.69) is 6.92 Å². The molecule has 1 aromatic carbocycles. The Morgan fingerprint density at radius 2 is 1.79 bits per heavy atom. The largest absolute Gasteiger partial charge is 0.378 e. The van der Waals surface area contributed by atoms with E-state index in [-0.39, 0.29) is 10.8 Å². The molecule has 2 heterocycles. The molecule has 132 valence electrons. The molecule has 24 heavy (non-hydrogen) atoms. The number of carbonyl (C=O) groups is 1. The molecule has 3 rings (SSSR count). The first-order valence-corrected chi connectivity index (χ1v) is 9.90. The molecular formula is C17H24N2O4S. The van der Waals surface area contributed by atoms with Gasteiger partial charge in [-0.2, -0.15) is 4.31 Å². The lowest BCUT2D eigenvalue weighted by Gasteiger charge is -2.30. The third kappa shape index (κ3) is 3.63. The molecule has 0 N–H and O–H groups in total. The molecule has 0 aromatic heterocycles. The lowest BCUT2D eigenvalue weighted by molar-refractivity contribution is 0.0303. The highest BCUT2D eigenvalue weighted by atomic mass is 32.2. The Balaban J connectivity index is 1.74. The normalized spacial score (nSPS) is 23.2. The van der Waals surface area contributed by atoms with Gasteiger partial charge in [-0.05, 0) is 43.0 Å². The first kappa shape index (κ1) is 17.4. The van der Waals surface area contributed by atoms with Crippen molar-refractivity contribution in [2.75, 3.05) is 39.4 Å². The highest BCUT2D eigenvalue weighted by molar-refractivity contribution is 7.89. The van der Waals surface area contributed by atoms with E-state index in [1.165, 1.54) is 0 Å². The maximum absolute atomic E-state index is 12.7. The van der Waals surface area contributed by atoms with Crippen LogP contribution < -0.4 is 0 Å². The molecule has 0 radical (unpaired) electrons. The van der Waals surface area contributed by atoms with E-state index in [0.29, 0.717) is 50.9 Å². The number of ether oxygens (including phenoxy) is 1. The molecule has 1 atom stereocenters. The Morgan fingerprint density at radius 3 is 2.42 bits per heavy atom. The first-order chi connectivity index (χ1) is 11.5. The van der Waals surface area contributed by atoms with Gasteiger partial charge < -0.3 is 9.64 Å². The number of carbonyl (C=O) groups excluding carboxylic acids is 1. The number of piperidine rings is 1. The van der Waals surface area contributed by atoms with Crippen molar-refractivity contribution in [1.29, 1.82) is 0 Å². The summed E-state index contributed by atoms with van der Waals surface area (Å²) in [4.78, 5) is 14.4. The highest BCUT2D eigenvalue weighted by Gasteiger charge is 2.29. The fourth-order valence-corrected chi connectivity index (χ4v) is 4.83. The van der Waals surface area contributed by atoms with E-state index in [1.807, 2.05) is 0 Å². The minimum absolute atomic E-state index is 0.0751. The van der Waals surface area contributed by atoms with E-state index in [0.717, 1.165) is 12.8 Å². The van der Waals surface area contributed by atoms with Gasteiger partial charge in [0.15, 0.2) is 0 Å². The van der Waals surface area contributed by atoms with Gasteiger partial charge in [-0.1, -0.05) is 6.92 Å². The third-order valence-electron chi connectivity index (χ3n) is 4.66. The van der Waals surface area contributed by atoms with Gasteiger partial charge in [-0.15, -0.1) is 0 Å². The lowest BCUT2D eigenvalue weighted by Crippen LogP contribution is -2.40. The van der Waals surface area contributed by atoms with Crippen LogP contribution in [0.5, 0.6) is 0 Å². The second-order valence-corrected chi connectivity index (χ2v) is 8.48. The maximum atomic E-state index is 12.7. The molecule has 2 aliphatic rings. The van der Waals surface area contributed by atoms with Crippen LogP contribution in [0.4, 0.5) is 0 Å². The molecule has 2 saturated heterocycles. The summed E-state index contributed by atoms with van der Waals surface area (Å²) in [5.41, 5.74) is 0.517. The Kier molecular flexibility index (Phi) is 5.22. The zero-order valence-electron chi connectivity index (χ0n) is 14.0. The predicted octanol–water partition coefficient (Wildman–Crippen LogP) is 1.58. The molecule has 0 unspecified atom stereocenters. The molecular weight excluding hydrogens is 328 g/mol. The highest BCUT2D eigenvalue weighted by Crippen LogP contribution is 2.23. The van der Waals surface area contributed by atoms with E-state index < -0.39 is 10.0 Å². The van der Waals surface area contributed by atoms with Crippen molar-refractivity contribution >= 4 is 15.9 Å². The fourth-order valence-electron chi connectivity index (χ4n) is 3.23. The summed E-state index contributed by atoms with van der Waals surface area (Å²) in [6.45, 7) is 5.45. The number of hydrogen-bond acceptors (Lipinski definition) is 4. The predicted molar refractivity (Wildman–Crippen MR) is 90.3 cm³/mol. The molecule has 2 fully saturated rings. The number of morpholine rings is 1. The van der Waals surface area contributed by atoms with Gasteiger partial charge in [-0.25, -0.2) is 8.42 Å². The lowest BCUT2D eigenvalue weighted by atomic mass is 10.0. The van der Waals surface area contributed by atoms with E-state index in [4.69, 9.17) is 4.74 Å². The van der Waals surface area contributed by atoms with Gasteiger partial charge in [0.25, 0.3) is 5.91 Å². The minimum atomic E-state index is -3.47. The van der Waals surface area contributed by atoms with Crippen LogP contribution in [0.2, 0.25) is 0 Å². The van der Waals surface area contributed by atoms with E-state index in [9.17, 15) is 13.2 Å². The topological polar surface area (TPSA) is 66.9 Å². The average Bonchev–Trinajstić information content (AvgIpc) is 2.62. The molecule has 0 saturated carbocycles. The van der Waals surface area contributed by atoms with Crippen molar-refractivity contribution in [1.82, 2.24) is 9.21 Å². The first-order valence-electron chi connectivity index (χ1n) is 8.46. The third-order valence-corrected chi connectivity index (χ3v) is 6.54. The van der Waals surface area contributed by atoms with Crippen LogP contribution in [0.3, 0.4) is 0 Å². The average molecular weight is 352 g/mol. The SMILES string of the molecule is C[C@H]1CCCN(S(=O)(=O)c2ccc(C(=O)N3CCOCC3)cc2)C1. The van der Waals surface area contributed by atoms with Crippen LogP contribution >= 0.6 is 0 Å². The number of hydrogen-bond donors (Lipinski definition) is 0. The van der Waals surface area contributed by atoms with Crippen LogP contribution in [0.15, 0.2) is 29.2 Å². The number of nitrogens with zero attached hydrogens (tertiary/aromatic N) is 2. The van der Waals surface area contributed by atoms with Crippen molar-refractivity contribution in [3.05, 3.63) is 29.8 Å². The summed E-state index contributed by atoms with van der Waals surface area (Å²) in [6.07, 6.45) is 1.97. The summed E-state index contributed by atoms with van der Waals surface area (Å²) < 4.78 is 32.3. The van der Waals surface area contributed by atoms with Crippen molar-refractivity contribution in [2.45, 2.75) is 24.7 Å². The van der Waals surface area contributed by atoms with Gasteiger partial charge in [0.2, 0.25) is 10.0 Å². The maximum Gasteiger partial charge on any atom is 0.254 e. The van der Waals surface area contributed by atoms with Crippen molar-refractivity contribution < 1.29 is 17.9 Å². The minimum Gasteiger partial charge on any atom is -0.378 e. The van der Waals surface area contributed by atoms with Crippen molar-refractivity contribution in [3.63, 3.8) is 0 Å². The van der Waals surface area contributed by atoms with Crippen molar-refractivity contribution in [2.24, 2.45) is 5.92 Å². The molecule has 0 spiro atoms. The second-order valence-electron chi connectivity index (χ2n) is 6.54. The molecule has 6 nitrogen and oxygen atoms in total. The number of benzene rings is 1. The number of amides is 1. The Labute approximate surface area is 143 Å². The zero-order valence-corrected chi connectivity index (χ0v) is 14.8. The molecule has 2 aliphatic heterocycles. The number of sulfonamides is 1. The van der Waals surface area contributed by atoms with Crippen molar-refractivity contribution in [3.8, 4) is 0 Å². The summed E-state index contributed by atoms with van der Waals surface area (Å²) >= 11 is 0. The quantitative estimate of drug-likeness (QED) is 0.828. The van der Waals surface area contributed by atoms with Gasteiger partial charge >= 0.3 is 0 Å². The smallest absolute Gasteiger partial charge is 0.254 e. The van der Waals surface area contributed by atoms with Crippen LogP contribution in [0.25, 0.3) is 0 Å². The van der Waals surface area contributed by atoms with Crippen LogP contribution in [-0.4, -0.2) is 62.9 Å². The second kappa shape index (κ2) is 7.21. The molecule has 1 amide bonds. The zero-order chi connectivity index (χ0) is 17.2. The monoisotopic (exact) mass is 352 g/mol. The van der Waals surface area contributed by atoms with Gasteiger partial charge in [-0.3, -0.25) is 4.79 Å². The summed E-state index contributed by atoms with van der Waals surface area (Å²) in [5, 5.41) is 0. The molecule has 0 aliphatic carbocycles. The van der Waals surface area contributed by atoms with Crippen LogP contribution in [0, 0.1) is 5.92 Å². The van der Waals surface area contributed by atoms with E-state index in [1.54, 1.807) is 33.5 Å². The fraction of sp³-hybridized carbons (Fsp3) is 0.588. The standard InChI is InChI=1S/C17H24N2O4S/c1-14-3-2-8-19(13-14)24(21,22)16-6-4-15(5-7-16)17(20)18-9-11-23-12-10-18/h4-7,14H,2-3,8-13H2,1H3/t14-/m0/s1. The molecule has 1 aromatic rings. The van der Waals surface area contributed by atoms with Crippen LogP contribution in [-0.2, 0) is 14.8 Å². The summed E-state index contributed by atoms with van der Waals surface area (Å²) in [7, 11) is -3.47. The van der Waals surface area contributed by atoms with Gasteiger partial charge in [0.1, 0.15) is 0 Å². The van der Waals surface area contributed by atoms with Gasteiger partial charge in [0.05, 0.1) is 18.1 Å². The van der Waals surface area contributed by atoms with E-state index >= 15 is 0 Å². The van der Waals surface area contributed by atoms with Crippen LogP contribution in [0.1, 0.15) is 30.1 Å².